The van der Waals surface area contributed by atoms with Gasteiger partial charge in [-0.15, -0.1) is 0 Å². The summed E-state index contributed by atoms with van der Waals surface area (Å²) < 4.78 is 1.99. The number of nitrogens with zero attached hydrogens (tertiary/aromatic N) is 4. The summed E-state index contributed by atoms with van der Waals surface area (Å²) in [6, 6.07) is 0.202. The number of nitrogens with two attached hydrogens (primary N) is 1. The number of imidazole rings is 1. The van der Waals surface area contributed by atoms with Crippen LogP contribution in [0, 0.1) is 0 Å². The lowest BCUT2D eigenvalue weighted by Crippen LogP contribution is -2.22. The van der Waals surface area contributed by atoms with Gasteiger partial charge in [-0.05, 0) is 6.92 Å². The highest BCUT2D eigenvalue weighted by Crippen LogP contribution is 2.11. The Morgan fingerprint density at radius 1 is 1.38 bits per heavy atom. The fourth-order valence-electron chi connectivity index (χ4n) is 1.45. The predicted octanol–water partition coefficient (Wildman–Crippen LogP) is 0.756. The highest BCUT2D eigenvalue weighted by atomic mass is 15.1. The molecule has 6 heteroatoms. The predicted molar refractivity (Wildman–Crippen MR) is 61.8 cm³/mol. The molecule has 0 amide bonds. The van der Waals surface area contributed by atoms with Gasteiger partial charge in [-0.2, -0.15) is 0 Å². The summed E-state index contributed by atoms with van der Waals surface area (Å²) in [6.45, 7) is 2.85. The van der Waals surface area contributed by atoms with Gasteiger partial charge in [0, 0.05) is 37.4 Å². The van der Waals surface area contributed by atoms with Crippen molar-refractivity contribution in [2.75, 3.05) is 11.1 Å². The van der Waals surface area contributed by atoms with Crippen molar-refractivity contribution < 1.29 is 0 Å². The Kier molecular flexibility index (Phi) is 3.00. The molecule has 16 heavy (non-hydrogen) atoms. The summed E-state index contributed by atoms with van der Waals surface area (Å²) in [5.41, 5.74) is 5.69. The van der Waals surface area contributed by atoms with Crippen molar-refractivity contribution in [3.05, 3.63) is 31.1 Å². The van der Waals surface area contributed by atoms with Crippen molar-refractivity contribution in [1.29, 1.82) is 0 Å². The van der Waals surface area contributed by atoms with Crippen LogP contribution < -0.4 is 11.1 Å². The van der Waals surface area contributed by atoms with Crippen LogP contribution in [0.5, 0.6) is 0 Å². The SMILES string of the molecule is CC(Cn1ccnc1)Nc1nccnc1N. The zero-order valence-corrected chi connectivity index (χ0v) is 9.04. The minimum atomic E-state index is 0.202. The standard InChI is InChI=1S/C10H14N6/c1-8(6-16-5-4-12-7-16)15-10-9(11)13-2-3-14-10/h2-5,7-8H,6H2,1H3,(H2,11,13)(H,14,15). The van der Waals surface area contributed by atoms with Crippen LogP contribution in [-0.2, 0) is 6.54 Å². The second-order valence-electron chi connectivity index (χ2n) is 3.60. The molecule has 0 saturated heterocycles. The Labute approximate surface area is 93.6 Å². The Morgan fingerprint density at radius 2 is 2.19 bits per heavy atom. The third-order valence-corrected chi connectivity index (χ3v) is 2.15. The number of aromatic nitrogens is 4. The smallest absolute Gasteiger partial charge is 0.169 e. The highest BCUT2D eigenvalue weighted by Gasteiger charge is 2.06. The van der Waals surface area contributed by atoms with Crippen molar-refractivity contribution in [3.63, 3.8) is 0 Å². The second kappa shape index (κ2) is 4.61. The molecule has 2 aromatic heterocycles. The van der Waals surface area contributed by atoms with E-state index in [1.807, 2.05) is 17.7 Å². The number of nitrogens with one attached hydrogen (secondary N) is 1. The van der Waals surface area contributed by atoms with Crippen molar-refractivity contribution >= 4 is 11.6 Å². The Bertz CT molecular complexity index is 438. The van der Waals surface area contributed by atoms with Crippen LogP contribution >= 0.6 is 0 Å². The largest absolute Gasteiger partial charge is 0.381 e. The fourth-order valence-corrected chi connectivity index (χ4v) is 1.45. The number of hydrogen-bond acceptors (Lipinski definition) is 5. The van der Waals surface area contributed by atoms with Crippen LogP contribution in [0.2, 0.25) is 0 Å². The first-order valence-corrected chi connectivity index (χ1v) is 5.04. The van der Waals surface area contributed by atoms with Crippen LogP contribution in [-0.4, -0.2) is 25.6 Å². The topological polar surface area (TPSA) is 81.7 Å². The van der Waals surface area contributed by atoms with Gasteiger partial charge in [0.2, 0.25) is 0 Å². The molecule has 2 aromatic rings. The Morgan fingerprint density at radius 3 is 2.88 bits per heavy atom. The van der Waals surface area contributed by atoms with E-state index in [0.717, 1.165) is 6.54 Å². The summed E-state index contributed by atoms with van der Waals surface area (Å²) in [5.74, 6) is 1.04. The van der Waals surface area contributed by atoms with Gasteiger partial charge in [-0.25, -0.2) is 15.0 Å². The second-order valence-corrected chi connectivity index (χ2v) is 3.60. The molecule has 1 unspecified atom stereocenters. The third kappa shape index (κ3) is 2.47. The van der Waals surface area contributed by atoms with Crippen molar-refractivity contribution in [1.82, 2.24) is 19.5 Å². The van der Waals surface area contributed by atoms with E-state index in [4.69, 9.17) is 5.73 Å². The van der Waals surface area contributed by atoms with Crippen molar-refractivity contribution in [2.45, 2.75) is 19.5 Å². The third-order valence-electron chi connectivity index (χ3n) is 2.15. The summed E-state index contributed by atoms with van der Waals surface area (Å²) in [4.78, 5) is 12.1. The number of nitrogen functional groups attached to an aromatic ring is 1. The van der Waals surface area contributed by atoms with Gasteiger partial charge in [0.25, 0.3) is 0 Å². The minimum absolute atomic E-state index is 0.202. The molecule has 0 radical (unpaired) electrons. The fraction of sp³-hybridized carbons (Fsp3) is 0.300. The molecule has 0 saturated carbocycles. The zero-order chi connectivity index (χ0) is 11.4. The summed E-state index contributed by atoms with van der Waals surface area (Å²) in [5, 5.41) is 3.20. The molecule has 84 valence electrons. The molecule has 0 aromatic carbocycles. The van der Waals surface area contributed by atoms with Gasteiger partial charge in [0.1, 0.15) is 0 Å². The molecule has 0 bridgehead atoms. The van der Waals surface area contributed by atoms with E-state index in [1.54, 1.807) is 24.9 Å². The van der Waals surface area contributed by atoms with Gasteiger partial charge in [-0.3, -0.25) is 0 Å². The summed E-state index contributed by atoms with van der Waals surface area (Å²) in [6.07, 6.45) is 8.63. The normalized spacial score (nSPS) is 12.3. The van der Waals surface area contributed by atoms with Gasteiger partial charge >= 0.3 is 0 Å². The van der Waals surface area contributed by atoms with Crippen LogP contribution in [0.1, 0.15) is 6.92 Å². The summed E-state index contributed by atoms with van der Waals surface area (Å²) >= 11 is 0. The quantitative estimate of drug-likeness (QED) is 0.791. The molecule has 3 N–H and O–H groups in total. The molecule has 2 rings (SSSR count). The molecular formula is C10H14N6. The van der Waals surface area contributed by atoms with Crippen LogP contribution in [0.15, 0.2) is 31.1 Å². The van der Waals surface area contributed by atoms with E-state index >= 15 is 0 Å². The lowest BCUT2D eigenvalue weighted by Gasteiger charge is -2.15. The van der Waals surface area contributed by atoms with Gasteiger partial charge < -0.3 is 15.6 Å². The van der Waals surface area contributed by atoms with E-state index in [0.29, 0.717) is 11.6 Å². The van der Waals surface area contributed by atoms with Crippen molar-refractivity contribution in [2.24, 2.45) is 0 Å². The van der Waals surface area contributed by atoms with E-state index in [1.165, 1.54) is 0 Å². The number of rotatable bonds is 4. The molecule has 0 spiro atoms. The molecule has 0 fully saturated rings. The summed E-state index contributed by atoms with van der Waals surface area (Å²) in [7, 11) is 0. The molecular weight excluding hydrogens is 204 g/mol. The van der Waals surface area contributed by atoms with E-state index in [2.05, 4.69) is 20.3 Å². The van der Waals surface area contributed by atoms with E-state index in [9.17, 15) is 0 Å². The molecule has 2 heterocycles. The van der Waals surface area contributed by atoms with E-state index < -0.39 is 0 Å². The maximum Gasteiger partial charge on any atom is 0.169 e. The zero-order valence-electron chi connectivity index (χ0n) is 9.04. The lowest BCUT2D eigenvalue weighted by molar-refractivity contribution is 0.617. The molecule has 6 nitrogen and oxygen atoms in total. The van der Waals surface area contributed by atoms with E-state index in [-0.39, 0.29) is 6.04 Å². The van der Waals surface area contributed by atoms with Crippen LogP contribution in [0.4, 0.5) is 11.6 Å². The average molecular weight is 218 g/mol. The molecule has 0 aliphatic heterocycles. The Balaban J connectivity index is 1.97. The van der Waals surface area contributed by atoms with Gasteiger partial charge in [0.05, 0.1) is 6.33 Å². The van der Waals surface area contributed by atoms with Crippen LogP contribution in [0.3, 0.4) is 0 Å². The molecule has 0 aliphatic rings. The maximum absolute atomic E-state index is 5.69. The van der Waals surface area contributed by atoms with Gasteiger partial charge in [-0.1, -0.05) is 0 Å². The molecule has 0 aliphatic carbocycles. The van der Waals surface area contributed by atoms with Crippen molar-refractivity contribution in [3.8, 4) is 0 Å². The Hall–Kier alpha value is -2.11. The van der Waals surface area contributed by atoms with Crippen LogP contribution in [0.25, 0.3) is 0 Å². The first-order valence-electron chi connectivity index (χ1n) is 5.04. The maximum atomic E-state index is 5.69. The number of anilines is 2. The first-order chi connectivity index (χ1) is 7.75. The average Bonchev–Trinajstić information content (AvgIpc) is 2.74. The minimum Gasteiger partial charge on any atom is -0.381 e. The number of hydrogen-bond donors (Lipinski definition) is 2. The lowest BCUT2D eigenvalue weighted by atomic mass is 10.3. The highest BCUT2D eigenvalue weighted by molar-refractivity contribution is 5.55. The monoisotopic (exact) mass is 218 g/mol. The van der Waals surface area contributed by atoms with Gasteiger partial charge in [0.15, 0.2) is 11.6 Å². The first kappa shape index (κ1) is 10.4. The molecule has 1 atom stereocenters.